The maximum absolute atomic E-state index is 13.8. The van der Waals surface area contributed by atoms with Gasteiger partial charge in [-0.1, -0.05) is 64.9 Å². The zero-order valence-corrected chi connectivity index (χ0v) is 23.9. The molecular weight excluding hydrogens is 573 g/mol. The van der Waals surface area contributed by atoms with Crippen molar-refractivity contribution >= 4 is 68.6 Å². The summed E-state index contributed by atoms with van der Waals surface area (Å²) in [5.41, 5.74) is 1.43. The van der Waals surface area contributed by atoms with E-state index in [0.717, 1.165) is 44.9 Å². The number of thiazole rings is 1. The van der Waals surface area contributed by atoms with Gasteiger partial charge < -0.3 is 22.4 Å². The van der Waals surface area contributed by atoms with Crippen LogP contribution in [0.2, 0.25) is 10.0 Å². The zero-order chi connectivity index (χ0) is 25.8. The first-order valence-electron chi connectivity index (χ1n) is 11.3. The van der Waals surface area contributed by atoms with Crippen molar-refractivity contribution in [3.05, 3.63) is 86.2 Å². The number of aromatic nitrogens is 1. The fraction of sp³-hybridized carbons (Fsp3) is 0.192. The Balaban J connectivity index is 0.00000380. The van der Waals surface area contributed by atoms with Crippen molar-refractivity contribution in [1.29, 1.82) is 0 Å². The van der Waals surface area contributed by atoms with Crippen LogP contribution in [0.15, 0.2) is 60.8 Å². The Bertz CT molecular complexity index is 1390. The zero-order valence-electron chi connectivity index (χ0n) is 20.0. The smallest absolute Gasteiger partial charge is 0.348 e. The third-order valence-electron chi connectivity index (χ3n) is 5.69. The second kappa shape index (κ2) is 12.9. The van der Waals surface area contributed by atoms with E-state index >= 15 is 0 Å². The molecule has 4 aromatic rings. The summed E-state index contributed by atoms with van der Waals surface area (Å²) in [7, 11) is 0. The highest BCUT2D eigenvalue weighted by atomic mass is 35.5. The Morgan fingerprint density at radius 3 is 2.35 bits per heavy atom. The first-order valence-corrected chi connectivity index (χ1v) is 13.7. The summed E-state index contributed by atoms with van der Waals surface area (Å²) in [6, 6.07) is 15.9. The molecule has 0 unspecified atom stereocenters. The lowest BCUT2D eigenvalue weighted by Crippen LogP contribution is -3.06. The molecule has 2 heterocycles. The summed E-state index contributed by atoms with van der Waals surface area (Å²) >= 11 is 15.1. The molecule has 0 saturated heterocycles. The third kappa shape index (κ3) is 6.52. The number of carbonyl (C=O) groups is 2. The molecule has 2 aromatic carbocycles. The average Bonchev–Trinajstić information content (AvgIpc) is 3.51. The third-order valence-corrected chi connectivity index (χ3v) is 8.48. The number of carboxylic acids is 1. The van der Waals surface area contributed by atoms with E-state index in [1.807, 2.05) is 30.3 Å². The molecule has 0 radical (unpaired) electrons. The van der Waals surface area contributed by atoms with Gasteiger partial charge in [-0.15, -0.1) is 11.3 Å². The molecule has 4 rings (SSSR count). The molecule has 11 heteroatoms. The first-order chi connectivity index (χ1) is 17.3. The van der Waals surface area contributed by atoms with Gasteiger partial charge in [0.05, 0.1) is 40.8 Å². The van der Waals surface area contributed by atoms with Gasteiger partial charge in [-0.2, -0.15) is 4.98 Å². The van der Waals surface area contributed by atoms with Crippen LogP contribution in [0.3, 0.4) is 0 Å². The van der Waals surface area contributed by atoms with Gasteiger partial charge in [0.1, 0.15) is 4.88 Å². The molecule has 2 aromatic heterocycles. The van der Waals surface area contributed by atoms with Crippen LogP contribution in [0.1, 0.15) is 38.8 Å². The fourth-order valence-corrected chi connectivity index (χ4v) is 6.39. The van der Waals surface area contributed by atoms with Gasteiger partial charge in [0.15, 0.2) is 0 Å². The second-order valence-corrected chi connectivity index (χ2v) is 11.0. The van der Waals surface area contributed by atoms with E-state index in [-0.39, 0.29) is 34.4 Å². The Morgan fingerprint density at radius 2 is 1.73 bits per heavy atom. The minimum atomic E-state index is -1.10. The lowest BCUT2D eigenvalue weighted by Gasteiger charge is -2.22. The van der Waals surface area contributed by atoms with Crippen molar-refractivity contribution in [2.75, 3.05) is 18.0 Å². The molecule has 0 aliphatic heterocycles. The van der Waals surface area contributed by atoms with Crippen LogP contribution in [-0.4, -0.2) is 35.1 Å². The molecule has 37 heavy (non-hydrogen) atoms. The summed E-state index contributed by atoms with van der Waals surface area (Å²) < 4.78 is 0. The van der Waals surface area contributed by atoms with Gasteiger partial charge in [0.2, 0.25) is 0 Å². The molecule has 0 fully saturated rings. The van der Waals surface area contributed by atoms with Crippen LogP contribution in [0.25, 0.3) is 10.4 Å². The molecular formula is C26H24Cl3N3O3S2. The van der Waals surface area contributed by atoms with Crippen LogP contribution >= 0.6 is 45.9 Å². The molecule has 2 N–H and O–H groups in total. The van der Waals surface area contributed by atoms with Gasteiger partial charge >= 0.3 is 5.97 Å². The average molecular weight is 597 g/mol. The number of halogens is 3. The number of thiophene rings is 1. The standard InChI is InChI=1S/C26H23Cl2N3O3S2.ClH/c1-3-30(4-2)26-29-14-18(35-26)15-31(24(32)19-11-10-17(27)12-20(19)28)21-13-22(36-23(21)25(33)34)16-8-6-5-7-9-16;/h5-14H,3-4,15H2,1-2H3,(H,33,34);1H. The van der Waals surface area contributed by atoms with Gasteiger partial charge in [-0.3, -0.25) is 9.69 Å². The van der Waals surface area contributed by atoms with E-state index < -0.39 is 11.9 Å². The molecule has 0 aliphatic rings. The maximum Gasteiger partial charge on any atom is 0.348 e. The monoisotopic (exact) mass is 595 g/mol. The highest BCUT2D eigenvalue weighted by Gasteiger charge is 2.29. The van der Waals surface area contributed by atoms with Gasteiger partial charge in [0.25, 0.3) is 11.0 Å². The Labute approximate surface area is 239 Å². The second-order valence-electron chi connectivity index (χ2n) is 7.95. The van der Waals surface area contributed by atoms with E-state index in [1.54, 1.807) is 24.4 Å². The Morgan fingerprint density at radius 1 is 1.03 bits per heavy atom. The quantitative estimate of drug-likeness (QED) is 0.311. The topological polar surface area (TPSA) is 74.9 Å². The van der Waals surface area contributed by atoms with Crippen molar-refractivity contribution in [3.63, 3.8) is 0 Å². The number of nitrogens with one attached hydrogen (secondary N) is 1. The Kier molecular flexibility index (Phi) is 10.1. The van der Waals surface area contributed by atoms with Gasteiger partial charge in [-0.25, -0.2) is 4.79 Å². The van der Waals surface area contributed by atoms with Crippen LogP contribution in [-0.2, 0) is 6.54 Å². The lowest BCUT2D eigenvalue weighted by atomic mass is 10.1. The molecule has 0 spiro atoms. The van der Waals surface area contributed by atoms with Crippen LogP contribution < -0.4 is 22.2 Å². The number of benzene rings is 2. The molecule has 0 atom stereocenters. The number of amides is 1. The fourth-order valence-electron chi connectivity index (χ4n) is 3.81. The van der Waals surface area contributed by atoms with Gasteiger partial charge in [-0.05, 0) is 43.7 Å². The van der Waals surface area contributed by atoms with Crippen molar-refractivity contribution < 1.29 is 32.0 Å². The van der Waals surface area contributed by atoms with Crippen molar-refractivity contribution in [2.45, 2.75) is 20.4 Å². The van der Waals surface area contributed by atoms with Crippen molar-refractivity contribution in [3.8, 4) is 10.4 Å². The minimum Gasteiger partial charge on any atom is -1.00 e. The van der Waals surface area contributed by atoms with E-state index in [9.17, 15) is 14.7 Å². The SMILES string of the molecule is CC[NH+](CC)c1ncc(CN(C(=O)c2ccc(Cl)cc2Cl)c2cc(-c3ccccc3)sc2C(=O)O)s1.[Cl-]. The van der Waals surface area contributed by atoms with E-state index in [4.69, 9.17) is 23.2 Å². The minimum absolute atomic E-state index is 0. The first kappa shape index (κ1) is 29.1. The number of quaternary nitrogens is 1. The predicted molar refractivity (Wildman–Crippen MR) is 148 cm³/mol. The number of hydrogen-bond acceptors (Lipinski definition) is 5. The molecule has 0 saturated carbocycles. The number of carbonyl (C=O) groups excluding carboxylic acids is 1. The summed E-state index contributed by atoms with van der Waals surface area (Å²) in [5.74, 6) is -1.52. The summed E-state index contributed by atoms with van der Waals surface area (Å²) in [6.45, 7) is 6.12. The lowest BCUT2D eigenvalue weighted by molar-refractivity contribution is -0.828. The number of nitrogens with zero attached hydrogens (tertiary/aromatic N) is 2. The van der Waals surface area contributed by atoms with Crippen molar-refractivity contribution in [1.82, 2.24) is 4.98 Å². The number of rotatable bonds is 9. The Hall–Kier alpha value is -2.46. The van der Waals surface area contributed by atoms with E-state index in [2.05, 4.69) is 18.8 Å². The molecule has 0 bridgehead atoms. The van der Waals surface area contributed by atoms with E-state index in [0.29, 0.717) is 10.7 Å². The molecule has 194 valence electrons. The molecule has 6 nitrogen and oxygen atoms in total. The molecule has 1 amide bonds. The normalized spacial score (nSPS) is 10.8. The van der Waals surface area contributed by atoms with Crippen LogP contribution in [0.5, 0.6) is 0 Å². The summed E-state index contributed by atoms with van der Waals surface area (Å²) in [6.07, 6.45) is 1.75. The van der Waals surface area contributed by atoms with E-state index in [1.165, 1.54) is 27.2 Å². The van der Waals surface area contributed by atoms with Crippen molar-refractivity contribution in [2.24, 2.45) is 0 Å². The van der Waals surface area contributed by atoms with Crippen LogP contribution in [0.4, 0.5) is 10.8 Å². The summed E-state index contributed by atoms with van der Waals surface area (Å²) in [5, 5.41) is 11.6. The summed E-state index contributed by atoms with van der Waals surface area (Å²) in [4.78, 5) is 35.1. The maximum atomic E-state index is 13.8. The highest BCUT2D eigenvalue weighted by molar-refractivity contribution is 7.18. The number of hydrogen-bond donors (Lipinski definition) is 2. The predicted octanol–water partition coefficient (Wildman–Crippen LogP) is 3.28. The largest absolute Gasteiger partial charge is 1.00 e. The number of aromatic carboxylic acids is 1. The molecule has 0 aliphatic carbocycles. The van der Waals surface area contributed by atoms with Crippen LogP contribution in [0, 0.1) is 0 Å². The highest BCUT2D eigenvalue weighted by Crippen LogP contribution is 2.39. The number of carboxylic acid groups (broad SMARTS) is 1. The number of anilines is 1. The van der Waals surface area contributed by atoms with Gasteiger partial charge in [0, 0.05) is 16.1 Å².